The summed E-state index contributed by atoms with van der Waals surface area (Å²) in [7, 11) is 2.06. The van der Waals surface area contributed by atoms with E-state index in [9.17, 15) is 0 Å². The van der Waals surface area contributed by atoms with Gasteiger partial charge in [-0.1, -0.05) is 26.0 Å². The zero-order valence-corrected chi connectivity index (χ0v) is 10.5. The Morgan fingerprint density at radius 1 is 1.40 bits per heavy atom. The van der Waals surface area contributed by atoms with Gasteiger partial charge in [0.05, 0.1) is 0 Å². The topological polar surface area (TPSA) is 12.0 Å². The number of rotatable bonds is 2. The van der Waals surface area contributed by atoms with Crippen molar-refractivity contribution in [2.24, 2.45) is 0 Å². The molecule has 1 atom stereocenters. The first-order chi connectivity index (χ1) is 7.22. The van der Waals surface area contributed by atoms with Crippen LogP contribution in [0.1, 0.15) is 43.4 Å². The van der Waals surface area contributed by atoms with Crippen molar-refractivity contribution in [2.75, 3.05) is 12.8 Å². The van der Waals surface area contributed by atoms with Crippen molar-refractivity contribution in [1.82, 2.24) is 5.32 Å². The minimum absolute atomic E-state index is 0.556. The van der Waals surface area contributed by atoms with Crippen LogP contribution in [0.5, 0.6) is 0 Å². The molecule has 0 bridgehead atoms. The molecule has 0 radical (unpaired) electrons. The van der Waals surface area contributed by atoms with Crippen LogP contribution in [0, 0.1) is 0 Å². The summed E-state index contributed by atoms with van der Waals surface area (Å²) in [6.45, 7) is 4.51. The highest BCUT2D eigenvalue weighted by Crippen LogP contribution is 2.37. The Hall–Kier alpha value is -0.470. The van der Waals surface area contributed by atoms with Crippen molar-refractivity contribution in [2.45, 2.75) is 37.1 Å². The molecule has 0 aliphatic carbocycles. The summed E-state index contributed by atoms with van der Waals surface area (Å²) in [4.78, 5) is 1.46. The quantitative estimate of drug-likeness (QED) is 0.819. The van der Waals surface area contributed by atoms with Crippen molar-refractivity contribution >= 4 is 11.8 Å². The fourth-order valence-corrected chi connectivity index (χ4v) is 3.18. The minimum atomic E-state index is 0.556. The molecule has 1 aromatic carbocycles. The third-order valence-electron chi connectivity index (χ3n) is 3.09. The second-order valence-corrected chi connectivity index (χ2v) is 5.57. The van der Waals surface area contributed by atoms with Crippen LogP contribution in [0.4, 0.5) is 0 Å². The maximum Gasteiger partial charge on any atom is 0.0336 e. The van der Waals surface area contributed by atoms with Crippen LogP contribution in [0.3, 0.4) is 0 Å². The summed E-state index contributed by atoms with van der Waals surface area (Å²) in [6, 6.07) is 7.50. The SMILES string of the molecule is CNC1CCSc2ccc(C(C)C)cc21. The van der Waals surface area contributed by atoms with Gasteiger partial charge in [-0.2, -0.15) is 0 Å². The molecule has 2 rings (SSSR count). The summed E-state index contributed by atoms with van der Waals surface area (Å²) in [5, 5.41) is 3.41. The molecule has 1 aromatic rings. The first-order valence-corrected chi connectivity index (χ1v) is 6.65. The molecule has 1 heterocycles. The molecule has 0 amide bonds. The summed E-state index contributed by atoms with van der Waals surface area (Å²) in [5.74, 6) is 1.86. The zero-order chi connectivity index (χ0) is 10.8. The van der Waals surface area contributed by atoms with Gasteiger partial charge in [0.25, 0.3) is 0 Å². The molecule has 82 valence electrons. The van der Waals surface area contributed by atoms with Gasteiger partial charge in [0.15, 0.2) is 0 Å². The van der Waals surface area contributed by atoms with Crippen LogP contribution in [-0.4, -0.2) is 12.8 Å². The Bertz CT molecular complexity index is 346. The highest BCUT2D eigenvalue weighted by atomic mass is 32.2. The number of hydrogen-bond donors (Lipinski definition) is 1. The minimum Gasteiger partial charge on any atom is -0.313 e. The van der Waals surface area contributed by atoms with Crippen molar-refractivity contribution in [1.29, 1.82) is 0 Å². The maximum absolute atomic E-state index is 3.41. The van der Waals surface area contributed by atoms with E-state index in [1.807, 2.05) is 11.8 Å². The Kier molecular flexibility index (Phi) is 3.37. The lowest BCUT2D eigenvalue weighted by Gasteiger charge is -2.25. The molecule has 1 aliphatic rings. The largest absolute Gasteiger partial charge is 0.313 e. The molecule has 1 unspecified atom stereocenters. The Morgan fingerprint density at radius 2 is 2.20 bits per heavy atom. The molecule has 0 saturated heterocycles. The molecular formula is C13H19NS. The van der Waals surface area contributed by atoms with Crippen LogP contribution >= 0.6 is 11.8 Å². The Balaban J connectivity index is 2.39. The van der Waals surface area contributed by atoms with Crippen LogP contribution < -0.4 is 5.32 Å². The third kappa shape index (κ3) is 2.21. The van der Waals surface area contributed by atoms with Crippen molar-refractivity contribution in [3.63, 3.8) is 0 Å². The van der Waals surface area contributed by atoms with Gasteiger partial charge in [-0.15, -0.1) is 11.8 Å². The molecule has 1 aliphatic heterocycles. The second kappa shape index (κ2) is 4.58. The highest BCUT2D eigenvalue weighted by molar-refractivity contribution is 7.99. The summed E-state index contributed by atoms with van der Waals surface area (Å²) >= 11 is 1.99. The van der Waals surface area contributed by atoms with Gasteiger partial charge in [-0.25, -0.2) is 0 Å². The number of nitrogens with one attached hydrogen (secondary N) is 1. The van der Waals surface area contributed by atoms with E-state index in [2.05, 4.69) is 44.4 Å². The first kappa shape index (κ1) is 11.0. The van der Waals surface area contributed by atoms with Gasteiger partial charge < -0.3 is 5.32 Å². The predicted octanol–water partition coefficient (Wildman–Crippen LogP) is 3.57. The highest BCUT2D eigenvalue weighted by Gasteiger charge is 2.19. The average Bonchev–Trinajstić information content (AvgIpc) is 2.27. The van der Waals surface area contributed by atoms with Gasteiger partial charge in [-0.3, -0.25) is 0 Å². The van der Waals surface area contributed by atoms with Gasteiger partial charge in [0.1, 0.15) is 0 Å². The standard InChI is InChI=1S/C13H19NS/c1-9(2)10-4-5-13-11(8-10)12(14-3)6-7-15-13/h4-5,8-9,12,14H,6-7H2,1-3H3. The maximum atomic E-state index is 3.41. The van der Waals surface area contributed by atoms with Crippen molar-refractivity contribution in [3.8, 4) is 0 Å². The van der Waals surface area contributed by atoms with Crippen LogP contribution in [-0.2, 0) is 0 Å². The van der Waals surface area contributed by atoms with E-state index < -0.39 is 0 Å². The number of fused-ring (bicyclic) bond motifs is 1. The summed E-state index contributed by atoms with van der Waals surface area (Å²) in [6.07, 6.45) is 1.25. The van der Waals surface area contributed by atoms with Gasteiger partial charge in [0, 0.05) is 10.9 Å². The molecule has 0 aromatic heterocycles. The number of thioether (sulfide) groups is 1. The van der Waals surface area contributed by atoms with Crippen LogP contribution in [0.25, 0.3) is 0 Å². The second-order valence-electron chi connectivity index (χ2n) is 4.43. The zero-order valence-electron chi connectivity index (χ0n) is 9.71. The fraction of sp³-hybridized carbons (Fsp3) is 0.538. The van der Waals surface area contributed by atoms with Crippen LogP contribution in [0.15, 0.2) is 23.1 Å². The normalized spacial score (nSPS) is 20.4. The van der Waals surface area contributed by atoms with Gasteiger partial charge in [0.2, 0.25) is 0 Å². The Morgan fingerprint density at radius 3 is 2.87 bits per heavy atom. The average molecular weight is 221 g/mol. The summed E-state index contributed by atoms with van der Waals surface area (Å²) < 4.78 is 0. The summed E-state index contributed by atoms with van der Waals surface area (Å²) in [5.41, 5.74) is 2.96. The predicted molar refractivity (Wildman–Crippen MR) is 67.7 cm³/mol. The molecule has 15 heavy (non-hydrogen) atoms. The third-order valence-corrected chi connectivity index (χ3v) is 4.21. The lowest BCUT2D eigenvalue weighted by Crippen LogP contribution is -2.20. The molecular weight excluding hydrogens is 202 g/mol. The van der Waals surface area contributed by atoms with E-state index in [1.165, 1.54) is 28.2 Å². The first-order valence-electron chi connectivity index (χ1n) is 5.66. The van der Waals surface area contributed by atoms with E-state index >= 15 is 0 Å². The van der Waals surface area contributed by atoms with E-state index in [0.29, 0.717) is 12.0 Å². The van der Waals surface area contributed by atoms with E-state index in [0.717, 1.165) is 0 Å². The monoisotopic (exact) mass is 221 g/mol. The van der Waals surface area contributed by atoms with Gasteiger partial charge >= 0.3 is 0 Å². The van der Waals surface area contributed by atoms with Crippen molar-refractivity contribution < 1.29 is 0 Å². The molecule has 0 saturated carbocycles. The number of benzene rings is 1. The smallest absolute Gasteiger partial charge is 0.0336 e. The lowest BCUT2D eigenvalue weighted by atomic mass is 9.96. The molecule has 1 N–H and O–H groups in total. The fourth-order valence-electron chi connectivity index (χ4n) is 2.07. The molecule has 1 nitrogen and oxygen atoms in total. The van der Waals surface area contributed by atoms with Crippen molar-refractivity contribution in [3.05, 3.63) is 29.3 Å². The molecule has 0 fully saturated rings. The lowest BCUT2D eigenvalue weighted by molar-refractivity contribution is 0.563. The molecule has 2 heteroatoms. The molecule has 0 spiro atoms. The van der Waals surface area contributed by atoms with Crippen LogP contribution in [0.2, 0.25) is 0 Å². The number of hydrogen-bond acceptors (Lipinski definition) is 2. The van der Waals surface area contributed by atoms with E-state index in [1.54, 1.807) is 0 Å². The Labute approximate surface area is 96.7 Å². The van der Waals surface area contributed by atoms with Gasteiger partial charge in [-0.05, 0) is 42.3 Å². The van der Waals surface area contributed by atoms with E-state index in [-0.39, 0.29) is 0 Å². The van der Waals surface area contributed by atoms with E-state index in [4.69, 9.17) is 0 Å².